The van der Waals surface area contributed by atoms with E-state index in [0.29, 0.717) is 4.90 Å². The van der Waals surface area contributed by atoms with Gasteiger partial charge in [-0.25, -0.2) is 8.42 Å². The number of unbranched alkanes of at least 4 members (excludes halogenated alkanes) is 1. The van der Waals surface area contributed by atoms with E-state index < -0.39 is 9.84 Å². The van der Waals surface area contributed by atoms with Crippen LogP contribution < -0.4 is 0 Å². The molecule has 0 aliphatic heterocycles. The molecule has 0 saturated carbocycles. The van der Waals surface area contributed by atoms with Crippen molar-refractivity contribution in [2.45, 2.75) is 24.7 Å². The molecule has 0 bridgehead atoms. The van der Waals surface area contributed by atoms with Crippen LogP contribution in [-0.4, -0.2) is 8.42 Å². The fourth-order valence-corrected chi connectivity index (χ4v) is 1.99. The van der Waals surface area contributed by atoms with Crippen LogP contribution in [0.3, 0.4) is 0 Å². The van der Waals surface area contributed by atoms with Gasteiger partial charge in [0.25, 0.3) is 0 Å². The molecule has 0 aliphatic rings. The Labute approximate surface area is 90.9 Å². The summed E-state index contributed by atoms with van der Waals surface area (Å²) in [6.45, 7) is 2.03. The molecule has 1 rings (SSSR count). The molecule has 0 aromatic heterocycles. The van der Waals surface area contributed by atoms with Gasteiger partial charge in [0.2, 0.25) is 9.84 Å². The highest BCUT2D eigenvalue weighted by atomic mass is 32.2. The second-order valence-electron chi connectivity index (χ2n) is 3.14. The number of allylic oxidation sites excluding steroid dienone is 1. The van der Waals surface area contributed by atoms with E-state index >= 15 is 0 Å². The molecule has 0 spiro atoms. The summed E-state index contributed by atoms with van der Waals surface area (Å²) < 4.78 is 23.3. The van der Waals surface area contributed by atoms with E-state index in [4.69, 9.17) is 0 Å². The van der Waals surface area contributed by atoms with E-state index in [2.05, 4.69) is 5.73 Å². The maximum atomic E-state index is 11.7. The first kappa shape index (κ1) is 11.8. The monoisotopic (exact) mass is 222 g/mol. The number of sulfone groups is 1. The quantitative estimate of drug-likeness (QED) is 0.734. The Kier molecular flexibility index (Phi) is 4.35. The van der Waals surface area contributed by atoms with Crippen LogP contribution in [0.2, 0.25) is 0 Å². The van der Waals surface area contributed by atoms with E-state index in [1.165, 1.54) is 0 Å². The third-order valence-corrected chi connectivity index (χ3v) is 3.22. The summed E-state index contributed by atoms with van der Waals surface area (Å²) in [5, 5.41) is 1.12. The standard InChI is InChI=1S/C12H14O2S/c1-2-3-4-8-11-15(13,14)12-9-6-5-7-10-12/h4-7,9-11H,2-3H2,1H3. The van der Waals surface area contributed by atoms with Gasteiger partial charge in [-0.1, -0.05) is 31.5 Å². The minimum atomic E-state index is -3.31. The van der Waals surface area contributed by atoms with Gasteiger partial charge in [-0.15, -0.1) is 5.73 Å². The first-order chi connectivity index (χ1) is 7.17. The SMILES string of the molecule is CCCC=C=CS(=O)(=O)c1ccccc1. The van der Waals surface area contributed by atoms with Crippen LogP contribution in [-0.2, 0) is 9.84 Å². The van der Waals surface area contributed by atoms with Crippen LogP contribution in [0.15, 0.2) is 52.4 Å². The maximum Gasteiger partial charge on any atom is 0.207 e. The summed E-state index contributed by atoms with van der Waals surface area (Å²) in [6.07, 6.45) is 3.58. The van der Waals surface area contributed by atoms with Crippen LogP contribution in [0.1, 0.15) is 19.8 Å². The summed E-state index contributed by atoms with van der Waals surface area (Å²) in [6, 6.07) is 8.35. The highest BCUT2D eigenvalue weighted by molar-refractivity contribution is 7.94. The second-order valence-corrected chi connectivity index (χ2v) is 4.93. The van der Waals surface area contributed by atoms with Crippen LogP contribution in [0.25, 0.3) is 0 Å². The van der Waals surface area contributed by atoms with Gasteiger partial charge in [-0.2, -0.15) is 0 Å². The lowest BCUT2D eigenvalue weighted by Crippen LogP contribution is -1.94. The zero-order valence-electron chi connectivity index (χ0n) is 8.68. The number of benzene rings is 1. The minimum absolute atomic E-state index is 0.308. The maximum absolute atomic E-state index is 11.7. The Balaban J connectivity index is 2.91. The largest absolute Gasteiger partial charge is 0.218 e. The first-order valence-corrected chi connectivity index (χ1v) is 6.42. The highest BCUT2D eigenvalue weighted by Gasteiger charge is 2.07. The number of hydrogen-bond acceptors (Lipinski definition) is 2. The fraction of sp³-hybridized carbons (Fsp3) is 0.250. The summed E-state index contributed by atoms with van der Waals surface area (Å²) in [7, 11) is -3.31. The molecule has 0 amide bonds. The number of rotatable bonds is 4. The fourth-order valence-electron chi connectivity index (χ4n) is 1.04. The lowest BCUT2D eigenvalue weighted by Gasteiger charge is -1.95. The predicted molar refractivity (Wildman–Crippen MR) is 61.2 cm³/mol. The van der Waals surface area contributed by atoms with Crippen molar-refractivity contribution >= 4 is 9.84 Å². The lowest BCUT2D eigenvalue weighted by atomic mass is 10.3. The van der Waals surface area contributed by atoms with E-state index in [1.54, 1.807) is 36.4 Å². The van der Waals surface area contributed by atoms with Crippen molar-refractivity contribution in [2.24, 2.45) is 0 Å². The van der Waals surface area contributed by atoms with E-state index in [-0.39, 0.29) is 0 Å². The van der Waals surface area contributed by atoms with Crippen molar-refractivity contribution in [3.63, 3.8) is 0 Å². The average Bonchev–Trinajstić information content (AvgIpc) is 2.26. The Morgan fingerprint density at radius 2 is 1.93 bits per heavy atom. The zero-order valence-corrected chi connectivity index (χ0v) is 9.50. The van der Waals surface area contributed by atoms with Gasteiger partial charge in [0.05, 0.1) is 10.3 Å². The second kappa shape index (κ2) is 5.54. The number of hydrogen-bond donors (Lipinski definition) is 0. The summed E-state index contributed by atoms with van der Waals surface area (Å²) in [5.74, 6) is 0. The molecule has 0 N–H and O–H groups in total. The first-order valence-electron chi connectivity index (χ1n) is 4.88. The van der Waals surface area contributed by atoms with Crippen molar-refractivity contribution in [1.82, 2.24) is 0 Å². The van der Waals surface area contributed by atoms with Crippen molar-refractivity contribution in [2.75, 3.05) is 0 Å². The molecule has 0 aliphatic carbocycles. The molecule has 80 valence electrons. The van der Waals surface area contributed by atoms with Gasteiger partial charge in [-0.3, -0.25) is 0 Å². The van der Waals surface area contributed by atoms with Crippen LogP contribution in [0.4, 0.5) is 0 Å². The van der Waals surface area contributed by atoms with Crippen LogP contribution >= 0.6 is 0 Å². The van der Waals surface area contributed by atoms with Crippen molar-refractivity contribution in [3.8, 4) is 0 Å². The Hall–Kier alpha value is -1.31. The molecular weight excluding hydrogens is 208 g/mol. The normalized spacial score (nSPS) is 10.5. The van der Waals surface area contributed by atoms with Gasteiger partial charge < -0.3 is 0 Å². The Morgan fingerprint density at radius 3 is 2.53 bits per heavy atom. The van der Waals surface area contributed by atoms with E-state index in [0.717, 1.165) is 18.2 Å². The van der Waals surface area contributed by atoms with Crippen molar-refractivity contribution in [3.05, 3.63) is 47.5 Å². The molecule has 0 fully saturated rings. The third kappa shape index (κ3) is 3.74. The van der Waals surface area contributed by atoms with Crippen LogP contribution in [0.5, 0.6) is 0 Å². The Bertz CT molecular complexity index is 452. The molecule has 3 heteroatoms. The molecule has 15 heavy (non-hydrogen) atoms. The summed E-state index contributed by atoms with van der Waals surface area (Å²) in [5.41, 5.74) is 2.69. The minimum Gasteiger partial charge on any atom is -0.218 e. The molecule has 0 heterocycles. The Morgan fingerprint density at radius 1 is 1.27 bits per heavy atom. The molecule has 0 atom stereocenters. The highest BCUT2D eigenvalue weighted by Crippen LogP contribution is 2.10. The van der Waals surface area contributed by atoms with Gasteiger partial charge >= 0.3 is 0 Å². The van der Waals surface area contributed by atoms with E-state index in [9.17, 15) is 8.42 Å². The molecule has 1 aromatic carbocycles. The smallest absolute Gasteiger partial charge is 0.207 e. The average molecular weight is 222 g/mol. The lowest BCUT2D eigenvalue weighted by molar-refractivity contribution is 0.604. The van der Waals surface area contributed by atoms with Crippen molar-refractivity contribution in [1.29, 1.82) is 0 Å². The van der Waals surface area contributed by atoms with E-state index in [1.807, 2.05) is 6.92 Å². The zero-order chi connectivity index (χ0) is 11.1. The molecule has 2 nitrogen and oxygen atoms in total. The predicted octanol–water partition coefficient (Wildman–Crippen LogP) is 2.93. The molecular formula is C12H14O2S. The third-order valence-electron chi connectivity index (χ3n) is 1.85. The molecule has 0 unspecified atom stereocenters. The van der Waals surface area contributed by atoms with Crippen LogP contribution in [0, 0.1) is 0 Å². The molecule has 0 saturated heterocycles. The molecule has 1 aromatic rings. The molecule has 0 radical (unpaired) electrons. The van der Waals surface area contributed by atoms with Crippen molar-refractivity contribution < 1.29 is 8.42 Å². The summed E-state index contributed by atoms with van der Waals surface area (Å²) >= 11 is 0. The van der Waals surface area contributed by atoms with Gasteiger partial charge in [0.15, 0.2) is 0 Å². The topological polar surface area (TPSA) is 34.1 Å². The summed E-state index contributed by atoms with van der Waals surface area (Å²) in [4.78, 5) is 0.308. The van der Waals surface area contributed by atoms with Gasteiger partial charge in [-0.05, 0) is 24.6 Å². The van der Waals surface area contributed by atoms with Gasteiger partial charge in [0.1, 0.15) is 0 Å². The van der Waals surface area contributed by atoms with Gasteiger partial charge in [0, 0.05) is 0 Å².